The molecule has 2 amide bonds. The van der Waals surface area contributed by atoms with E-state index in [2.05, 4.69) is 21.8 Å². The zero-order valence-corrected chi connectivity index (χ0v) is 15.9. The van der Waals surface area contributed by atoms with Crippen molar-refractivity contribution in [1.29, 1.82) is 0 Å². The maximum atomic E-state index is 12.6. The number of hydrogen-bond acceptors (Lipinski definition) is 4. The Balaban J connectivity index is 1.70. The summed E-state index contributed by atoms with van der Waals surface area (Å²) in [4.78, 5) is 31.6. The lowest BCUT2D eigenvalue weighted by atomic mass is 10.2. The summed E-state index contributed by atoms with van der Waals surface area (Å²) >= 11 is 1.35. The van der Waals surface area contributed by atoms with Gasteiger partial charge in [0.25, 0.3) is 5.91 Å². The number of aromatic nitrogens is 2. The van der Waals surface area contributed by atoms with Gasteiger partial charge >= 0.3 is 0 Å². The van der Waals surface area contributed by atoms with Crippen LogP contribution in [0.2, 0.25) is 0 Å². The molecule has 0 saturated carbocycles. The third-order valence-corrected chi connectivity index (χ3v) is 5.14. The molecule has 2 heterocycles. The molecule has 0 aliphatic rings. The van der Waals surface area contributed by atoms with Crippen LogP contribution in [0.4, 0.5) is 0 Å². The standard InChI is InChI=1S/C19H22N4O2S/c1-4-23-15-9-6-5-8-14(15)21-17(23)12-22(3)19(25)13(2)20-18(24)16-10-7-11-26-16/h5-11,13H,4,12H2,1-3H3,(H,20,24)/t13-/m1/s1. The van der Waals surface area contributed by atoms with Gasteiger partial charge in [0.15, 0.2) is 0 Å². The summed E-state index contributed by atoms with van der Waals surface area (Å²) in [5.74, 6) is 0.459. The minimum Gasteiger partial charge on any atom is -0.340 e. The molecule has 3 aromatic rings. The van der Waals surface area contributed by atoms with Crippen molar-refractivity contribution in [2.75, 3.05) is 7.05 Å². The highest BCUT2D eigenvalue weighted by Gasteiger charge is 2.22. The number of fused-ring (bicyclic) bond motifs is 1. The van der Waals surface area contributed by atoms with E-state index in [1.807, 2.05) is 35.7 Å². The summed E-state index contributed by atoms with van der Waals surface area (Å²) in [7, 11) is 1.73. The summed E-state index contributed by atoms with van der Waals surface area (Å²) in [6, 6.07) is 10.9. The van der Waals surface area contributed by atoms with Gasteiger partial charge in [0.05, 0.1) is 22.5 Å². The topological polar surface area (TPSA) is 67.2 Å². The quantitative estimate of drug-likeness (QED) is 0.725. The zero-order chi connectivity index (χ0) is 18.7. The Morgan fingerprint density at radius 3 is 2.73 bits per heavy atom. The Morgan fingerprint density at radius 1 is 1.27 bits per heavy atom. The van der Waals surface area contributed by atoms with Gasteiger partial charge in [0.1, 0.15) is 11.9 Å². The highest BCUT2D eigenvalue weighted by Crippen LogP contribution is 2.17. The Bertz CT molecular complexity index is 917. The molecule has 7 heteroatoms. The van der Waals surface area contributed by atoms with Crippen LogP contribution in [0.3, 0.4) is 0 Å². The second kappa shape index (κ2) is 7.70. The average molecular weight is 370 g/mol. The number of para-hydroxylation sites is 2. The Hall–Kier alpha value is -2.67. The highest BCUT2D eigenvalue weighted by molar-refractivity contribution is 7.12. The van der Waals surface area contributed by atoms with E-state index in [0.29, 0.717) is 11.4 Å². The fourth-order valence-corrected chi connectivity index (χ4v) is 3.58. The molecule has 6 nitrogen and oxygen atoms in total. The van der Waals surface area contributed by atoms with E-state index < -0.39 is 6.04 Å². The van der Waals surface area contributed by atoms with Crippen molar-refractivity contribution < 1.29 is 9.59 Å². The molecule has 26 heavy (non-hydrogen) atoms. The van der Waals surface area contributed by atoms with Crippen molar-refractivity contribution in [3.63, 3.8) is 0 Å². The third kappa shape index (κ3) is 3.62. The lowest BCUT2D eigenvalue weighted by molar-refractivity contribution is -0.132. The number of aryl methyl sites for hydroxylation is 1. The molecule has 0 fully saturated rings. The number of likely N-dealkylation sites (N-methyl/N-ethyl adjacent to an activating group) is 1. The second-order valence-electron chi connectivity index (χ2n) is 6.13. The fourth-order valence-electron chi connectivity index (χ4n) is 2.96. The van der Waals surface area contributed by atoms with E-state index in [9.17, 15) is 9.59 Å². The van der Waals surface area contributed by atoms with Gasteiger partial charge in [-0.25, -0.2) is 4.98 Å². The number of imidazole rings is 1. The van der Waals surface area contributed by atoms with Crippen LogP contribution in [0.15, 0.2) is 41.8 Å². The van der Waals surface area contributed by atoms with Crippen molar-refractivity contribution in [3.05, 3.63) is 52.5 Å². The molecule has 0 aliphatic carbocycles. The average Bonchev–Trinajstić information content (AvgIpc) is 3.28. The Morgan fingerprint density at radius 2 is 2.04 bits per heavy atom. The molecule has 0 unspecified atom stereocenters. The number of rotatable bonds is 6. The SMILES string of the molecule is CCn1c(CN(C)C(=O)[C@@H](C)NC(=O)c2cccs2)nc2ccccc21. The lowest BCUT2D eigenvalue weighted by Crippen LogP contribution is -2.45. The van der Waals surface area contributed by atoms with Crippen LogP contribution in [-0.2, 0) is 17.9 Å². The molecule has 0 aliphatic heterocycles. The second-order valence-corrected chi connectivity index (χ2v) is 7.08. The van der Waals surface area contributed by atoms with Gasteiger partial charge < -0.3 is 14.8 Å². The number of amides is 2. The van der Waals surface area contributed by atoms with Crippen LogP contribution in [0.5, 0.6) is 0 Å². The molecule has 0 spiro atoms. The van der Waals surface area contributed by atoms with Crippen LogP contribution in [0.1, 0.15) is 29.3 Å². The third-order valence-electron chi connectivity index (χ3n) is 4.27. The Kier molecular flexibility index (Phi) is 5.37. The van der Waals surface area contributed by atoms with Crippen LogP contribution >= 0.6 is 11.3 Å². The van der Waals surface area contributed by atoms with E-state index in [1.54, 1.807) is 24.9 Å². The first kappa shape index (κ1) is 18.1. The van der Waals surface area contributed by atoms with Crippen molar-refractivity contribution in [2.24, 2.45) is 0 Å². The number of carbonyl (C=O) groups excluding carboxylic acids is 2. The largest absolute Gasteiger partial charge is 0.340 e. The molecular formula is C19H22N4O2S. The molecule has 136 valence electrons. The maximum absolute atomic E-state index is 12.6. The summed E-state index contributed by atoms with van der Waals surface area (Å²) in [5, 5.41) is 4.59. The summed E-state index contributed by atoms with van der Waals surface area (Å²) in [6.07, 6.45) is 0. The fraction of sp³-hybridized carbons (Fsp3) is 0.316. The number of thiophene rings is 1. The number of nitrogens with zero attached hydrogens (tertiary/aromatic N) is 3. The Labute approximate surface area is 156 Å². The lowest BCUT2D eigenvalue weighted by Gasteiger charge is -2.22. The van der Waals surface area contributed by atoms with Crippen molar-refractivity contribution in [3.8, 4) is 0 Å². The summed E-state index contributed by atoms with van der Waals surface area (Å²) < 4.78 is 2.11. The number of carbonyl (C=O) groups is 2. The predicted octanol–water partition coefficient (Wildman–Crippen LogP) is 2.89. The van der Waals surface area contributed by atoms with Crippen molar-refractivity contribution >= 4 is 34.2 Å². The summed E-state index contributed by atoms with van der Waals surface area (Å²) in [6.45, 7) is 4.93. The zero-order valence-electron chi connectivity index (χ0n) is 15.1. The van der Waals surface area contributed by atoms with Gasteiger partial charge in [0, 0.05) is 13.6 Å². The first-order valence-electron chi connectivity index (χ1n) is 8.54. The minimum atomic E-state index is -0.603. The number of hydrogen-bond donors (Lipinski definition) is 1. The smallest absolute Gasteiger partial charge is 0.261 e. The molecule has 2 aromatic heterocycles. The molecule has 0 saturated heterocycles. The molecule has 1 atom stereocenters. The monoisotopic (exact) mass is 370 g/mol. The normalized spacial score (nSPS) is 12.1. The molecule has 1 N–H and O–H groups in total. The molecule has 0 bridgehead atoms. The minimum absolute atomic E-state index is 0.149. The molecule has 3 rings (SSSR count). The maximum Gasteiger partial charge on any atom is 0.261 e. The van der Waals surface area contributed by atoms with E-state index in [4.69, 9.17) is 0 Å². The van der Waals surface area contributed by atoms with Crippen LogP contribution in [-0.4, -0.2) is 39.4 Å². The number of nitrogens with one attached hydrogen (secondary N) is 1. The predicted molar refractivity (Wildman–Crippen MR) is 103 cm³/mol. The van der Waals surface area contributed by atoms with Crippen LogP contribution in [0.25, 0.3) is 11.0 Å². The first-order chi connectivity index (χ1) is 12.5. The van der Waals surface area contributed by atoms with E-state index in [1.165, 1.54) is 11.3 Å². The van der Waals surface area contributed by atoms with E-state index in [0.717, 1.165) is 23.4 Å². The van der Waals surface area contributed by atoms with Crippen molar-refractivity contribution in [1.82, 2.24) is 19.8 Å². The van der Waals surface area contributed by atoms with Gasteiger partial charge in [-0.3, -0.25) is 9.59 Å². The van der Waals surface area contributed by atoms with Gasteiger partial charge in [-0.15, -0.1) is 11.3 Å². The molecule has 1 aromatic carbocycles. The highest BCUT2D eigenvalue weighted by atomic mass is 32.1. The van der Waals surface area contributed by atoms with Gasteiger partial charge in [-0.05, 0) is 37.4 Å². The van der Waals surface area contributed by atoms with E-state index in [-0.39, 0.29) is 11.8 Å². The first-order valence-corrected chi connectivity index (χ1v) is 9.42. The van der Waals surface area contributed by atoms with Crippen molar-refractivity contribution in [2.45, 2.75) is 33.0 Å². The summed E-state index contributed by atoms with van der Waals surface area (Å²) in [5.41, 5.74) is 1.98. The van der Waals surface area contributed by atoms with Gasteiger partial charge in [-0.1, -0.05) is 18.2 Å². The number of benzene rings is 1. The van der Waals surface area contributed by atoms with E-state index >= 15 is 0 Å². The molecule has 0 radical (unpaired) electrons. The van der Waals surface area contributed by atoms with Crippen LogP contribution < -0.4 is 5.32 Å². The van der Waals surface area contributed by atoms with Crippen LogP contribution in [0, 0.1) is 0 Å². The van der Waals surface area contributed by atoms with Gasteiger partial charge in [0.2, 0.25) is 5.91 Å². The molecular weight excluding hydrogens is 348 g/mol. The van der Waals surface area contributed by atoms with Gasteiger partial charge in [-0.2, -0.15) is 0 Å².